The quantitative estimate of drug-likeness (QED) is 0.624. The number of aromatic nitrogens is 1. The molecule has 1 aromatic heterocycles. The summed E-state index contributed by atoms with van der Waals surface area (Å²) < 4.78 is 36.0. The van der Waals surface area contributed by atoms with Gasteiger partial charge in [0, 0.05) is 6.20 Å². The fourth-order valence-corrected chi connectivity index (χ4v) is 0.816. The van der Waals surface area contributed by atoms with Crippen LogP contribution in [0.2, 0.25) is 5.15 Å². The van der Waals surface area contributed by atoms with Crippen LogP contribution >= 0.6 is 24.0 Å². The summed E-state index contributed by atoms with van der Waals surface area (Å²) in [6.45, 7) is 1.48. The second-order valence-electron chi connectivity index (χ2n) is 2.33. The normalized spacial score (nSPS) is 10.8. The molecule has 0 unspecified atom stereocenters. The topological polar surface area (TPSA) is 12.9 Å². The second kappa shape index (κ2) is 4.15. The molecule has 0 spiro atoms. The molecule has 1 rings (SSSR count). The van der Waals surface area contributed by atoms with Crippen molar-refractivity contribution in [3.63, 3.8) is 0 Å². The number of hydrogen-bond donors (Lipinski definition) is 0. The molecule has 0 radical (unpaired) electrons. The molecule has 0 bridgehead atoms. The van der Waals surface area contributed by atoms with Gasteiger partial charge in [0.15, 0.2) is 0 Å². The molecule has 1 aromatic rings. The van der Waals surface area contributed by atoms with Crippen LogP contribution in [0.15, 0.2) is 12.3 Å². The number of rotatable bonds is 0. The Labute approximate surface area is 84.3 Å². The Kier molecular flexibility index (Phi) is 4.00. The largest absolute Gasteiger partial charge is 0.417 e. The van der Waals surface area contributed by atoms with Crippen LogP contribution in [0.5, 0.6) is 0 Å². The maximum atomic E-state index is 12.0. The predicted octanol–water partition coefficient (Wildman–Crippen LogP) is 3.48. The Morgan fingerprint density at radius 2 is 1.92 bits per heavy atom. The van der Waals surface area contributed by atoms with Crippen molar-refractivity contribution in [3.05, 3.63) is 28.5 Å². The van der Waals surface area contributed by atoms with E-state index in [-0.39, 0.29) is 17.6 Å². The van der Waals surface area contributed by atoms with Crippen LogP contribution in [0.25, 0.3) is 0 Å². The summed E-state index contributed by atoms with van der Waals surface area (Å²) in [5, 5.41) is 0.100. The van der Waals surface area contributed by atoms with E-state index < -0.39 is 11.7 Å². The molecule has 0 N–H and O–H groups in total. The third kappa shape index (κ3) is 3.04. The highest BCUT2D eigenvalue weighted by Crippen LogP contribution is 2.30. The van der Waals surface area contributed by atoms with E-state index in [1.807, 2.05) is 0 Å². The molecule has 0 aliphatic carbocycles. The van der Waals surface area contributed by atoms with E-state index in [0.717, 1.165) is 12.3 Å². The molecule has 1 nitrogen and oxygen atoms in total. The van der Waals surface area contributed by atoms with Crippen LogP contribution in [-0.4, -0.2) is 4.98 Å². The Morgan fingerprint density at radius 3 is 2.31 bits per heavy atom. The first-order valence-corrected chi connectivity index (χ1v) is 3.48. The van der Waals surface area contributed by atoms with Crippen molar-refractivity contribution < 1.29 is 13.2 Å². The lowest BCUT2D eigenvalue weighted by Crippen LogP contribution is -2.05. The van der Waals surface area contributed by atoms with Crippen LogP contribution < -0.4 is 0 Å². The van der Waals surface area contributed by atoms with Gasteiger partial charge >= 0.3 is 6.18 Å². The van der Waals surface area contributed by atoms with Crippen molar-refractivity contribution in [2.75, 3.05) is 0 Å². The lowest BCUT2D eigenvalue weighted by Gasteiger charge is -2.06. The van der Waals surface area contributed by atoms with Crippen molar-refractivity contribution >= 4 is 24.0 Å². The Bertz CT molecular complexity index is 298. The first-order chi connectivity index (χ1) is 5.41. The van der Waals surface area contributed by atoms with Gasteiger partial charge in [0.2, 0.25) is 0 Å². The summed E-state index contributed by atoms with van der Waals surface area (Å²) in [5.74, 6) is 0. The number of alkyl halides is 3. The second-order valence-corrected chi connectivity index (χ2v) is 2.69. The summed E-state index contributed by atoms with van der Waals surface area (Å²) in [6.07, 6.45) is -3.63. The Balaban J connectivity index is 0.00000144. The number of aryl methyl sites for hydroxylation is 1. The minimum Gasteiger partial charge on any atom is -0.244 e. The number of nitrogens with zero attached hydrogens (tertiary/aromatic N) is 1. The van der Waals surface area contributed by atoms with Gasteiger partial charge in [-0.3, -0.25) is 0 Å². The summed E-state index contributed by atoms with van der Waals surface area (Å²) in [5.41, 5.74) is -0.448. The minimum atomic E-state index is -4.34. The SMILES string of the molecule is Cc1cc(C(F)(F)F)cnc1Cl.Cl. The van der Waals surface area contributed by atoms with E-state index in [1.54, 1.807) is 0 Å². The lowest BCUT2D eigenvalue weighted by molar-refractivity contribution is -0.137. The van der Waals surface area contributed by atoms with Gasteiger partial charge < -0.3 is 0 Å². The molecule has 0 aliphatic rings. The molecule has 13 heavy (non-hydrogen) atoms. The van der Waals surface area contributed by atoms with Crippen molar-refractivity contribution in [2.24, 2.45) is 0 Å². The molecule has 0 aromatic carbocycles. The maximum Gasteiger partial charge on any atom is 0.417 e. The third-order valence-electron chi connectivity index (χ3n) is 1.34. The van der Waals surface area contributed by atoms with Crippen LogP contribution in [0.4, 0.5) is 13.2 Å². The van der Waals surface area contributed by atoms with Gasteiger partial charge in [-0.25, -0.2) is 4.98 Å². The van der Waals surface area contributed by atoms with Gasteiger partial charge in [0.05, 0.1) is 5.56 Å². The zero-order valence-electron chi connectivity index (χ0n) is 6.52. The van der Waals surface area contributed by atoms with E-state index in [9.17, 15) is 13.2 Å². The third-order valence-corrected chi connectivity index (χ3v) is 1.74. The Hall–Kier alpha value is -0.480. The molecule has 0 saturated heterocycles. The van der Waals surface area contributed by atoms with Gasteiger partial charge in [0.1, 0.15) is 5.15 Å². The summed E-state index contributed by atoms with van der Waals surface area (Å²) in [7, 11) is 0. The molecular formula is C7H6Cl2F3N. The predicted molar refractivity (Wildman–Crippen MR) is 46.2 cm³/mol. The zero-order valence-corrected chi connectivity index (χ0v) is 8.09. The van der Waals surface area contributed by atoms with Gasteiger partial charge in [0.25, 0.3) is 0 Å². The fourth-order valence-electron chi connectivity index (χ4n) is 0.713. The lowest BCUT2D eigenvalue weighted by atomic mass is 10.2. The van der Waals surface area contributed by atoms with E-state index in [2.05, 4.69) is 4.98 Å². The van der Waals surface area contributed by atoms with Gasteiger partial charge in [-0.1, -0.05) is 11.6 Å². The van der Waals surface area contributed by atoms with Crippen LogP contribution in [0.1, 0.15) is 11.1 Å². The molecular weight excluding hydrogens is 226 g/mol. The number of halogens is 5. The molecule has 0 atom stereocenters. The van der Waals surface area contributed by atoms with Gasteiger partial charge in [-0.2, -0.15) is 13.2 Å². The molecule has 0 amide bonds. The smallest absolute Gasteiger partial charge is 0.244 e. The zero-order chi connectivity index (χ0) is 9.35. The highest BCUT2D eigenvalue weighted by atomic mass is 35.5. The monoisotopic (exact) mass is 231 g/mol. The average molecular weight is 232 g/mol. The van der Waals surface area contributed by atoms with Crippen LogP contribution in [0.3, 0.4) is 0 Å². The number of hydrogen-bond acceptors (Lipinski definition) is 1. The molecule has 6 heteroatoms. The van der Waals surface area contributed by atoms with Gasteiger partial charge in [-0.05, 0) is 18.6 Å². The van der Waals surface area contributed by atoms with Crippen LogP contribution in [0, 0.1) is 6.92 Å². The van der Waals surface area contributed by atoms with Crippen molar-refractivity contribution in [1.29, 1.82) is 0 Å². The molecule has 1 heterocycles. The number of pyridine rings is 1. The van der Waals surface area contributed by atoms with Gasteiger partial charge in [-0.15, -0.1) is 12.4 Å². The fraction of sp³-hybridized carbons (Fsp3) is 0.286. The highest BCUT2D eigenvalue weighted by Gasteiger charge is 2.31. The van der Waals surface area contributed by atoms with Crippen LogP contribution in [-0.2, 0) is 6.18 Å². The Morgan fingerprint density at radius 1 is 1.38 bits per heavy atom. The van der Waals surface area contributed by atoms with E-state index in [1.165, 1.54) is 6.92 Å². The maximum absolute atomic E-state index is 12.0. The van der Waals surface area contributed by atoms with E-state index in [0.29, 0.717) is 5.56 Å². The van der Waals surface area contributed by atoms with Crippen molar-refractivity contribution in [2.45, 2.75) is 13.1 Å². The first-order valence-electron chi connectivity index (χ1n) is 3.10. The van der Waals surface area contributed by atoms with E-state index >= 15 is 0 Å². The average Bonchev–Trinajstić information content (AvgIpc) is 1.92. The molecule has 74 valence electrons. The van der Waals surface area contributed by atoms with Crippen molar-refractivity contribution in [3.8, 4) is 0 Å². The summed E-state index contributed by atoms with van der Waals surface area (Å²) >= 11 is 5.45. The van der Waals surface area contributed by atoms with Crippen molar-refractivity contribution in [1.82, 2.24) is 4.98 Å². The standard InChI is InChI=1S/C7H5ClF3N.ClH/c1-4-2-5(7(9,10)11)3-12-6(4)8;/h2-3H,1H3;1H. The van der Waals surface area contributed by atoms with E-state index in [4.69, 9.17) is 11.6 Å². The summed E-state index contributed by atoms with van der Waals surface area (Å²) in [4.78, 5) is 3.39. The molecule has 0 fully saturated rings. The highest BCUT2D eigenvalue weighted by molar-refractivity contribution is 6.30. The molecule has 0 aliphatic heterocycles. The first kappa shape index (κ1) is 12.5. The minimum absolute atomic E-state index is 0. The summed E-state index contributed by atoms with van der Waals surface area (Å²) in [6, 6.07) is 0.968. The molecule has 0 saturated carbocycles.